The van der Waals surface area contributed by atoms with Gasteiger partial charge in [-0.2, -0.15) is 0 Å². The molecule has 0 bridgehead atoms. The largest absolute Gasteiger partial charge is 0.378 e. The lowest BCUT2D eigenvalue weighted by atomic mass is 10.1. The Hall–Kier alpha value is -2.14. The third-order valence-electron chi connectivity index (χ3n) is 4.17. The highest BCUT2D eigenvalue weighted by atomic mass is 16.5. The quantitative estimate of drug-likeness (QED) is 0.807. The number of ether oxygens (including phenoxy) is 1. The molecule has 25 heavy (non-hydrogen) atoms. The summed E-state index contributed by atoms with van der Waals surface area (Å²) in [6.07, 6.45) is 5.69. The summed E-state index contributed by atoms with van der Waals surface area (Å²) in [7, 11) is 0. The first-order chi connectivity index (χ1) is 12.1. The van der Waals surface area contributed by atoms with Gasteiger partial charge in [0.15, 0.2) is 0 Å². The van der Waals surface area contributed by atoms with Crippen LogP contribution in [-0.4, -0.2) is 42.5 Å². The Morgan fingerprint density at radius 2 is 2.00 bits per heavy atom. The van der Waals surface area contributed by atoms with Crippen LogP contribution in [0.1, 0.15) is 45.1 Å². The Labute approximate surface area is 150 Å². The number of carbonyl (C=O) groups excluding carboxylic acids is 2. The smallest absolute Gasteiger partial charge is 0.270 e. The lowest BCUT2D eigenvalue weighted by Crippen LogP contribution is -2.38. The van der Waals surface area contributed by atoms with Gasteiger partial charge in [0.05, 0.1) is 6.10 Å². The van der Waals surface area contributed by atoms with Gasteiger partial charge in [-0.25, -0.2) is 0 Å². The number of hydrogen-bond acceptors (Lipinski definition) is 3. The van der Waals surface area contributed by atoms with Gasteiger partial charge in [-0.05, 0) is 37.3 Å². The predicted octanol–water partition coefficient (Wildman–Crippen LogP) is 2.97. The first-order valence-electron chi connectivity index (χ1n) is 9.05. The standard InChI is InChI=1S/C20H28N2O3/c1-3-14-25-18-10-7-12-22(13-11-18)20(24)19(21-16(2)23)15-17-8-5-4-6-9-17/h4-6,8-9,15,18H,3,7,10-14H2,1-2H3,(H,21,23)/b19-15-. The minimum atomic E-state index is -0.241. The molecule has 0 aliphatic carbocycles. The van der Waals surface area contributed by atoms with Crippen molar-refractivity contribution in [3.05, 3.63) is 41.6 Å². The minimum absolute atomic E-state index is 0.129. The highest BCUT2D eigenvalue weighted by molar-refractivity contribution is 6.00. The molecule has 1 N–H and O–H groups in total. The van der Waals surface area contributed by atoms with Crippen molar-refractivity contribution in [1.29, 1.82) is 0 Å². The molecule has 1 aliphatic rings. The van der Waals surface area contributed by atoms with Gasteiger partial charge in [0.1, 0.15) is 5.70 Å². The summed E-state index contributed by atoms with van der Waals surface area (Å²) in [6, 6.07) is 9.55. The Balaban J connectivity index is 2.08. The number of nitrogens with zero attached hydrogens (tertiary/aromatic N) is 1. The molecule has 1 unspecified atom stereocenters. The molecule has 2 rings (SSSR count). The molecular formula is C20H28N2O3. The number of carbonyl (C=O) groups is 2. The molecule has 136 valence electrons. The third-order valence-corrected chi connectivity index (χ3v) is 4.17. The van der Waals surface area contributed by atoms with Crippen LogP contribution < -0.4 is 5.32 Å². The summed E-state index contributed by atoms with van der Waals surface area (Å²) >= 11 is 0. The van der Waals surface area contributed by atoms with Crippen molar-refractivity contribution < 1.29 is 14.3 Å². The van der Waals surface area contributed by atoms with E-state index in [2.05, 4.69) is 12.2 Å². The summed E-state index contributed by atoms with van der Waals surface area (Å²) < 4.78 is 5.84. The highest BCUT2D eigenvalue weighted by Crippen LogP contribution is 2.17. The minimum Gasteiger partial charge on any atom is -0.378 e. The van der Waals surface area contributed by atoms with Crippen LogP contribution in [0.5, 0.6) is 0 Å². The molecule has 1 heterocycles. The SMILES string of the molecule is CCCOC1CCCN(C(=O)/C(=C/c2ccccc2)NC(C)=O)CC1. The second-order valence-corrected chi connectivity index (χ2v) is 6.37. The monoisotopic (exact) mass is 344 g/mol. The molecule has 1 aliphatic heterocycles. The van der Waals surface area contributed by atoms with Crippen molar-refractivity contribution in [2.45, 2.75) is 45.6 Å². The van der Waals surface area contributed by atoms with E-state index in [1.54, 1.807) is 6.08 Å². The van der Waals surface area contributed by atoms with Gasteiger partial charge in [0, 0.05) is 26.6 Å². The zero-order chi connectivity index (χ0) is 18.1. The van der Waals surface area contributed by atoms with Crippen LogP contribution in [-0.2, 0) is 14.3 Å². The molecule has 0 radical (unpaired) electrons. The summed E-state index contributed by atoms with van der Waals surface area (Å²) in [4.78, 5) is 26.3. The van der Waals surface area contributed by atoms with Crippen molar-refractivity contribution in [2.24, 2.45) is 0 Å². The molecular weight excluding hydrogens is 316 g/mol. The van der Waals surface area contributed by atoms with Gasteiger partial charge in [-0.3, -0.25) is 9.59 Å². The molecule has 1 saturated heterocycles. The van der Waals surface area contributed by atoms with E-state index >= 15 is 0 Å². The van der Waals surface area contributed by atoms with E-state index in [1.807, 2.05) is 35.2 Å². The van der Waals surface area contributed by atoms with E-state index in [1.165, 1.54) is 6.92 Å². The van der Waals surface area contributed by atoms with Crippen LogP contribution in [0.25, 0.3) is 6.08 Å². The van der Waals surface area contributed by atoms with Crippen LogP contribution in [0.15, 0.2) is 36.0 Å². The van der Waals surface area contributed by atoms with E-state index in [-0.39, 0.29) is 17.9 Å². The van der Waals surface area contributed by atoms with Crippen LogP contribution in [0.3, 0.4) is 0 Å². The molecule has 5 nitrogen and oxygen atoms in total. The van der Waals surface area contributed by atoms with Crippen molar-refractivity contribution in [1.82, 2.24) is 10.2 Å². The molecule has 0 spiro atoms. The average Bonchev–Trinajstić information content (AvgIpc) is 2.85. The normalized spacial score (nSPS) is 18.6. The van der Waals surface area contributed by atoms with E-state index in [0.29, 0.717) is 18.8 Å². The van der Waals surface area contributed by atoms with E-state index < -0.39 is 0 Å². The molecule has 0 aromatic heterocycles. The second kappa shape index (κ2) is 9.99. The Morgan fingerprint density at radius 1 is 1.24 bits per heavy atom. The molecule has 1 fully saturated rings. The lowest BCUT2D eigenvalue weighted by molar-refractivity contribution is -0.129. The van der Waals surface area contributed by atoms with Gasteiger partial charge in [0.2, 0.25) is 5.91 Å². The summed E-state index contributed by atoms with van der Waals surface area (Å²) in [6.45, 7) is 5.63. The molecule has 1 atom stereocenters. The second-order valence-electron chi connectivity index (χ2n) is 6.37. The summed E-state index contributed by atoms with van der Waals surface area (Å²) in [5.41, 5.74) is 1.21. The molecule has 1 aromatic rings. The fraction of sp³-hybridized carbons (Fsp3) is 0.500. The maximum atomic E-state index is 12.9. The zero-order valence-electron chi connectivity index (χ0n) is 15.2. The fourth-order valence-electron chi connectivity index (χ4n) is 2.95. The van der Waals surface area contributed by atoms with Crippen molar-refractivity contribution >= 4 is 17.9 Å². The Kier molecular flexibility index (Phi) is 7.67. The number of benzene rings is 1. The van der Waals surface area contributed by atoms with Gasteiger partial charge < -0.3 is 15.0 Å². The van der Waals surface area contributed by atoms with Crippen LogP contribution in [0, 0.1) is 0 Å². The maximum absolute atomic E-state index is 12.9. The Morgan fingerprint density at radius 3 is 2.68 bits per heavy atom. The molecule has 5 heteroatoms. The van der Waals surface area contributed by atoms with Crippen LogP contribution >= 0.6 is 0 Å². The predicted molar refractivity (Wildman–Crippen MR) is 98.7 cm³/mol. The van der Waals surface area contributed by atoms with E-state index in [9.17, 15) is 9.59 Å². The molecule has 2 amide bonds. The third kappa shape index (κ3) is 6.35. The van der Waals surface area contributed by atoms with Crippen molar-refractivity contribution in [2.75, 3.05) is 19.7 Å². The zero-order valence-corrected chi connectivity index (χ0v) is 15.2. The van der Waals surface area contributed by atoms with Crippen molar-refractivity contribution in [3.8, 4) is 0 Å². The maximum Gasteiger partial charge on any atom is 0.270 e. The number of hydrogen-bond donors (Lipinski definition) is 1. The lowest BCUT2D eigenvalue weighted by Gasteiger charge is -2.22. The average molecular weight is 344 g/mol. The summed E-state index contributed by atoms with van der Waals surface area (Å²) in [5.74, 6) is -0.371. The van der Waals surface area contributed by atoms with E-state index in [0.717, 1.165) is 37.9 Å². The fourth-order valence-corrected chi connectivity index (χ4v) is 2.95. The van der Waals surface area contributed by atoms with Gasteiger partial charge >= 0.3 is 0 Å². The van der Waals surface area contributed by atoms with Gasteiger partial charge in [-0.15, -0.1) is 0 Å². The highest BCUT2D eigenvalue weighted by Gasteiger charge is 2.23. The van der Waals surface area contributed by atoms with Crippen LogP contribution in [0.2, 0.25) is 0 Å². The van der Waals surface area contributed by atoms with E-state index in [4.69, 9.17) is 4.74 Å². The number of amides is 2. The topological polar surface area (TPSA) is 58.6 Å². The number of rotatable bonds is 6. The summed E-state index contributed by atoms with van der Waals surface area (Å²) in [5, 5.41) is 2.69. The molecule has 0 saturated carbocycles. The number of likely N-dealkylation sites (tertiary alicyclic amines) is 1. The Bertz CT molecular complexity index is 598. The molecule has 1 aromatic carbocycles. The van der Waals surface area contributed by atoms with Gasteiger partial charge in [-0.1, -0.05) is 37.3 Å². The first-order valence-corrected chi connectivity index (χ1v) is 9.05. The number of nitrogens with one attached hydrogen (secondary N) is 1. The first kappa shape index (κ1) is 19.2. The van der Waals surface area contributed by atoms with Crippen molar-refractivity contribution in [3.63, 3.8) is 0 Å². The van der Waals surface area contributed by atoms with Gasteiger partial charge in [0.25, 0.3) is 5.91 Å². The van der Waals surface area contributed by atoms with Crippen LogP contribution in [0.4, 0.5) is 0 Å².